The number of nitrogens with one attached hydrogen (secondary N) is 1. The van der Waals surface area contributed by atoms with E-state index in [4.69, 9.17) is 0 Å². The van der Waals surface area contributed by atoms with Crippen molar-refractivity contribution < 1.29 is 15.0 Å². The lowest BCUT2D eigenvalue weighted by molar-refractivity contribution is -0.136. The number of aromatic nitrogens is 1. The summed E-state index contributed by atoms with van der Waals surface area (Å²) >= 11 is 1.30. The molecule has 0 radical (unpaired) electrons. The molecule has 1 aliphatic carbocycles. The van der Waals surface area contributed by atoms with Crippen molar-refractivity contribution in [3.8, 4) is 0 Å². The first-order valence-corrected chi connectivity index (χ1v) is 9.36. The molecule has 0 saturated heterocycles. The number of rotatable bonds is 6. The van der Waals surface area contributed by atoms with Gasteiger partial charge in [0.2, 0.25) is 0 Å². The minimum absolute atomic E-state index is 0.149. The molecule has 3 rings (SSSR count). The number of para-hydroxylation sites is 1. The van der Waals surface area contributed by atoms with Gasteiger partial charge in [-0.15, -0.1) is 11.3 Å². The number of fused-ring (bicyclic) bond motifs is 1. The summed E-state index contributed by atoms with van der Waals surface area (Å²) in [6, 6.07) is 7.51. The number of carbonyl (C=O) groups is 1. The molecule has 1 saturated carbocycles. The average Bonchev–Trinajstić information content (AvgIpc) is 3.25. The topological polar surface area (TPSA) is 82.5 Å². The lowest BCUT2D eigenvalue weighted by Gasteiger charge is -2.28. The number of aliphatic hydroxyl groups is 2. The standard InChI is InChI=1S/C18H24N2O3S/c1-2-18(9-5-6-10-18)11-19-16(23)14(21)15(22)17-20-12-7-3-4-8-13(12)24-17/h3-4,7-8,14-15,21-22H,2,5-6,9-11H2,1H3,(H,19,23)/t14-,15-/m0/s1. The van der Waals surface area contributed by atoms with E-state index in [0.717, 1.165) is 29.5 Å². The van der Waals surface area contributed by atoms with Gasteiger partial charge in [-0.1, -0.05) is 31.9 Å². The van der Waals surface area contributed by atoms with Gasteiger partial charge in [0.05, 0.1) is 10.2 Å². The van der Waals surface area contributed by atoms with Crippen LogP contribution < -0.4 is 5.32 Å². The summed E-state index contributed by atoms with van der Waals surface area (Å²) < 4.78 is 0.926. The van der Waals surface area contributed by atoms with Crippen molar-refractivity contribution in [2.45, 2.75) is 51.2 Å². The first kappa shape index (κ1) is 17.3. The van der Waals surface area contributed by atoms with Crippen molar-refractivity contribution in [2.75, 3.05) is 6.54 Å². The molecule has 0 spiro atoms. The Balaban J connectivity index is 1.64. The number of thiazole rings is 1. The maximum Gasteiger partial charge on any atom is 0.252 e. The molecule has 0 aliphatic heterocycles. The van der Waals surface area contributed by atoms with Crippen molar-refractivity contribution >= 4 is 27.5 Å². The number of benzene rings is 1. The fourth-order valence-electron chi connectivity index (χ4n) is 3.45. The summed E-state index contributed by atoms with van der Waals surface area (Å²) in [6.07, 6.45) is 2.83. The van der Waals surface area contributed by atoms with Gasteiger partial charge in [0.15, 0.2) is 6.10 Å². The van der Waals surface area contributed by atoms with E-state index in [1.54, 1.807) is 0 Å². The van der Waals surface area contributed by atoms with Gasteiger partial charge in [-0.2, -0.15) is 0 Å². The zero-order chi connectivity index (χ0) is 17.2. The second-order valence-electron chi connectivity index (χ2n) is 6.69. The number of amides is 1. The predicted octanol–water partition coefficient (Wildman–Crippen LogP) is 2.78. The summed E-state index contributed by atoms with van der Waals surface area (Å²) in [7, 11) is 0. The summed E-state index contributed by atoms with van der Waals surface area (Å²) in [6.45, 7) is 2.70. The van der Waals surface area contributed by atoms with Crippen LogP contribution in [0, 0.1) is 5.41 Å². The third kappa shape index (κ3) is 3.45. The minimum atomic E-state index is -1.50. The van der Waals surface area contributed by atoms with E-state index < -0.39 is 18.1 Å². The Hall–Kier alpha value is -1.50. The van der Waals surface area contributed by atoms with E-state index in [9.17, 15) is 15.0 Å². The van der Waals surface area contributed by atoms with Crippen molar-refractivity contribution in [1.29, 1.82) is 0 Å². The Kier molecular flexibility index (Phi) is 5.18. The van der Waals surface area contributed by atoms with Crippen LogP contribution >= 0.6 is 11.3 Å². The van der Waals surface area contributed by atoms with E-state index in [0.29, 0.717) is 11.6 Å². The molecule has 1 aliphatic rings. The molecule has 3 N–H and O–H groups in total. The van der Waals surface area contributed by atoms with E-state index in [2.05, 4.69) is 17.2 Å². The van der Waals surface area contributed by atoms with Gasteiger partial charge >= 0.3 is 0 Å². The van der Waals surface area contributed by atoms with E-state index in [-0.39, 0.29) is 5.41 Å². The Bertz CT molecular complexity index is 676. The minimum Gasteiger partial charge on any atom is -0.383 e. The number of nitrogens with zero attached hydrogens (tertiary/aromatic N) is 1. The third-order valence-corrected chi connectivity index (χ3v) is 6.29. The quantitative estimate of drug-likeness (QED) is 0.750. The summed E-state index contributed by atoms with van der Waals surface area (Å²) in [5.41, 5.74) is 0.913. The van der Waals surface area contributed by atoms with Crippen molar-refractivity contribution in [3.63, 3.8) is 0 Å². The first-order valence-electron chi connectivity index (χ1n) is 8.54. The lowest BCUT2D eigenvalue weighted by Crippen LogP contribution is -2.43. The molecule has 130 valence electrons. The summed E-state index contributed by atoms with van der Waals surface area (Å²) in [5.74, 6) is -0.526. The van der Waals surface area contributed by atoms with E-state index in [1.165, 1.54) is 24.2 Å². The van der Waals surface area contributed by atoms with Gasteiger partial charge in [0, 0.05) is 6.54 Å². The average molecular weight is 348 g/mol. The Morgan fingerprint density at radius 3 is 2.71 bits per heavy atom. The Morgan fingerprint density at radius 2 is 2.04 bits per heavy atom. The fourth-order valence-corrected chi connectivity index (χ4v) is 4.44. The second-order valence-corrected chi connectivity index (χ2v) is 7.75. The molecule has 1 amide bonds. The monoisotopic (exact) mass is 348 g/mol. The van der Waals surface area contributed by atoms with Crippen LogP contribution in [0.1, 0.15) is 50.1 Å². The number of aliphatic hydroxyl groups excluding tert-OH is 2. The van der Waals surface area contributed by atoms with E-state index in [1.807, 2.05) is 24.3 Å². The van der Waals surface area contributed by atoms with Crippen LogP contribution in [0.2, 0.25) is 0 Å². The van der Waals surface area contributed by atoms with Gasteiger partial charge in [0.1, 0.15) is 11.1 Å². The number of hydrogen-bond donors (Lipinski definition) is 3. The largest absolute Gasteiger partial charge is 0.383 e. The summed E-state index contributed by atoms with van der Waals surface area (Å²) in [5, 5.41) is 23.7. The second kappa shape index (κ2) is 7.17. The van der Waals surface area contributed by atoms with Crippen LogP contribution in [0.5, 0.6) is 0 Å². The van der Waals surface area contributed by atoms with Crippen molar-refractivity contribution in [1.82, 2.24) is 10.3 Å². The molecule has 1 aromatic heterocycles. The highest BCUT2D eigenvalue weighted by Gasteiger charge is 2.34. The highest BCUT2D eigenvalue weighted by atomic mass is 32.1. The van der Waals surface area contributed by atoms with Crippen LogP contribution in [0.4, 0.5) is 0 Å². The molecule has 6 heteroatoms. The highest BCUT2D eigenvalue weighted by Crippen LogP contribution is 2.40. The molecule has 5 nitrogen and oxygen atoms in total. The highest BCUT2D eigenvalue weighted by molar-refractivity contribution is 7.18. The molecular formula is C18H24N2O3S. The molecule has 1 aromatic carbocycles. The number of hydrogen-bond acceptors (Lipinski definition) is 5. The predicted molar refractivity (Wildman–Crippen MR) is 94.8 cm³/mol. The van der Waals surface area contributed by atoms with Crippen LogP contribution in [0.3, 0.4) is 0 Å². The zero-order valence-corrected chi connectivity index (χ0v) is 14.7. The van der Waals surface area contributed by atoms with E-state index >= 15 is 0 Å². The van der Waals surface area contributed by atoms with Gasteiger partial charge in [-0.25, -0.2) is 4.98 Å². The van der Waals surface area contributed by atoms with Crippen LogP contribution in [0.15, 0.2) is 24.3 Å². The van der Waals surface area contributed by atoms with Crippen molar-refractivity contribution in [3.05, 3.63) is 29.3 Å². The molecule has 24 heavy (non-hydrogen) atoms. The van der Waals surface area contributed by atoms with Crippen LogP contribution in [0.25, 0.3) is 10.2 Å². The van der Waals surface area contributed by atoms with Gasteiger partial charge in [-0.3, -0.25) is 4.79 Å². The smallest absolute Gasteiger partial charge is 0.252 e. The van der Waals surface area contributed by atoms with Crippen LogP contribution in [-0.2, 0) is 4.79 Å². The van der Waals surface area contributed by atoms with Crippen molar-refractivity contribution in [2.24, 2.45) is 5.41 Å². The molecule has 2 atom stereocenters. The van der Waals surface area contributed by atoms with Gasteiger partial charge in [0.25, 0.3) is 5.91 Å². The molecular weight excluding hydrogens is 324 g/mol. The summed E-state index contributed by atoms with van der Waals surface area (Å²) in [4.78, 5) is 16.6. The fraction of sp³-hybridized carbons (Fsp3) is 0.556. The molecule has 1 heterocycles. The van der Waals surface area contributed by atoms with Gasteiger partial charge < -0.3 is 15.5 Å². The molecule has 0 bridgehead atoms. The maximum absolute atomic E-state index is 12.2. The number of carbonyl (C=O) groups excluding carboxylic acids is 1. The Labute approximate surface area is 145 Å². The lowest BCUT2D eigenvalue weighted by atomic mass is 9.83. The zero-order valence-electron chi connectivity index (χ0n) is 13.9. The first-order chi connectivity index (χ1) is 11.5. The normalized spacial score (nSPS) is 19.3. The molecule has 0 unspecified atom stereocenters. The Morgan fingerprint density at radius 1 is 1.33 bits per heavy atom. The van der Waals surface area contributed by atoms with Gasteiger partial charge in [-0.05, 0) is 36.8 Å². The van der Waals surface area contributed by atoms with Crippen LogP contribution in [-0.4, -0.2) is 33.8 Å². The molecule has 2 aromatic rings. The SMILES string of the molecule is CCC1(CNC(=O)[C@@H](O)[C@H](O)c2nc3ccccc3s2)CCCC1. The maximum atomic E-state index is 12.2. The third-order valence-electron chi connectivity index (χ3n) is 5.18. The molecule has 1 fully saturated rings.